The van der Waals surface area contributed by atoms with Crippen molar-refractivity contribution in [3.8, 4) is 5.75 Å². The van der Waals surface area contributed by atoms with E-state index in [1.165, 1.54) is 18.4 Å². The standard InChI is InChI=1S/C15H23NO/c1-12(2)14-5-7-15(8-6-14)17-10-9-16-11-13-3-4-13/h5-8,12-13,16H,3-4,9-11H2,1-2H3. The molecule has 94 valence electrons. The van der Waals surface area contributed by atoms with E-state index in [9.17, 15) is 0 Å². The Hall–Kier alpha value is -1.02. The maximum Gasteiger partial charge on any atom is 0.119 e. The fourth-order valence-electron chi connectivity index (χ4n) is 1.82. The quantitative estimate of drug-likeness (QED) is 0.730. The molecule has 17 heavy (non-hydrogen) atoms. The topological polar surface area (TPSA) is 21.3 Å². The van der Waals surface area contributed by atoms with Gasteiger partial charge in [-0.15, -0.1) is 0 Å². The van der Waals surface area contributed by atoms with Gasteiger partial charge in [0.1, 0.15) is 12.4 Å². The van der Waals surface area contributed by atoms with Crippen LogP contribution >= 0.6 is 0 Å². The van der Waals surface area contributed by atoms with Crippen molar-refractivity contribution in [2.45, 2.75) is 32.6 Å². The zero-order valence-corrected chi connectivity index (χ0v) is 10.9. The molecular formula is C15H23NO. The molecule has 0 aromatic heterocycles. The molecule has 0 amide bonds. The number of hydrogen-bond acceptors (Lipinski definition) is 2. The Balaban J connectivity index is 1.63. The minimum Gasteiger partial charge on any atom is -0.492 e. The third-order valence-electron chi connectivity index (χ3n) is 3.22. The third-order valence-corrected chi connectivity index (χ3v) is 3.22. The molecule has 0 atom stereocenters. The van der Waals surface area contributed by atoms with E-state index in [-0.39, 0.29) is 0 Å². The average Bonchev–Trinajstić information content (AvgIpc) is 3.13. The highest BCUT2D eigenvalue weighted by Gasteiger charge is 2.19. The summed E-state index contributed by atoms with van der Waals surface area (Å²) < 4.78 is 5.68. The summed E-state index contributed by atoms with van der Waals surface area (Å²) in [6.45, 7) is 7.28. The van der Waals surface area contributed by atoms with Gasteiger partial charge in [-0.3, -0.25) is 0 Å². The molecule has 2 rings (SSSR count). The molecule has 1 aromatic carbocycles. The fraction of sp³-hybridized carbons (Fsp3) is 0.600. The van der Waals surface area contributed by atoms with Crippen LogP contribution < -0.4 is 10.1 Å². The van der Waals surface area contributed by atoms with Crippen molar-refractivity contribution in [1.82, 2.24) is 5.32 Å². The molecule has 0 spiro atoms. The van der Waals surface area contributed by atoms with Crippen molar-refractivity contribution in [2.24, 2.45) is 5.92 Å². The number of hydrogen-bond donors (Lipinski definition) is 1. The first kappa shape index (κ1) is 12.4. The molecule has 1 N–H and O–H groups in total. The molecule has 0 saturated heterocycles. The van der Waals surface area contributed by atoms with Crippen molar-refractivity contribution < 1.29 is 4.74 Å². The zero-order valence-electron chi connectivity index (χ0n) is 10.9. The van der Waals surface area contributed by atoms with Crippen molar-refractivity contribution in [2.75, 3.05) is 19.7 Å². The van der Waals surface area contributed by atoms with Crippen molar-refractivity contribution >= 4 is 0 Å². The fourth-order valence-corrected chi connectivity index (χ4v) is 1.82. The van der Waals surface area contributed by atoms with Crippen LogP contribution in [0.1, 0.15) is 38.2 Å². The van der Waals surface area contributed by atoms with Crippen LogP contribution in [-0.2, 0) is 0 Å². The minimum absolute atomic E-state index is 0.587. The van der Waals surface area contributed by atoms with E-state index in [1.54, 1.807) is 0 Å². The summed E-state index contributed by atoms with van der Waals surface area (Å²) in [5.41, 5.74) is 1.37. The van der Waals surface area contributed by atoms with Crippen molar-refractivity contribution in [3.63, 3.8) is 0 Å². The molecule has 0 aliphatic heterocycles. The lowest BCUT2D eigenvalue weighted by atomic mass is 10.0. The first-order valence-corrected chi connectivity index (χ1v) is 6.69. The molecule has 0 bridgehead atoms. The lowest BCUT2D eigenvalue weighted by Gasteiger charge is -2.09. The second kappa shape index (κ2) is 6.06. The highest BCUT2D eigenvalue weighted by atomic mass is 16.5. The van der Waals surface area contributed by atoms with Gasteiger partial charge in [0.2, 0.25) is 0 Å². The first-order chi connectivity index (χ1) is 8.25. The van der Waals surface area contributed by atoms with Gasteiger partial charge in [0.15, 0.2) is 0 Å². The van der Waals surface area contributed by atoms with Crippen molar-refractivity contribution in [3.05, 3.63) is 29.8 Å². The lowest BCUT2D eigenvalue weighted by molar-refractivity contribution is 0.313. The Morgan fingerprint density at radius 1 is 1.24 bits per heavy atom. The van der Waals surface area contributed by atoms with Crippen LogP contribution in [0.15, 0.2) is 24.3 Å². The Bertz CT molecular complexity index is 327. The molecule has 1 fully saturated rings. The molecule has 1 aliphatic carbocycles. The summed E-state index contributed by atoms with van der Waals surface area (Å²) in [7, 11) is 0. The normalized spacial score (nSPS) is 15.2. The van der Waals surface area contributed by atoms with E-state index in [0.29, 0.717) is 5.92 Å². The van der Waals surface area contributed by atoms with Crippen LogP contribution in [0, 0.1) is 5.92 Å². The van der Waals surface area contributed by atoms with Crippen molar-refractivity contribution in [1.29, 1.82) is 0 Å². The van der Waals surface area contributed by atoms with Gasteiger partial charge in [0.25, 0.3) is 0 Å². The molecule has 1 aromatic rings. The van der Waals surface area contributed by atoms with E-state index in [0.717, 1.165) is 31.4 Å². The number of rotatable bonds is 7. The van der Waals surface area contributed by atoms with Gasteiger partial charge in [0, 0.05) is 6.54 Å². The van der Waals surface area contributed by atoms with E-state index in [1.807, 2.05) is 0 Å². The molecular weight excluding hydrogens is 210 g/mol. The summed E-state index contributed by atoms with van der Waals surface area (Å²) in [6, 6.07) is 8.43. The van der Waals surface area contributed by atoms with Gasteiger partial charge < -0.3 is 10.1 Å². The van der Waals surface area contributed by atoms with Gasteiger partial charge in [-0.05, 0) is 48.9 Å². The SMILES string of the molecule is CC(C)c1ccc(OCCNCC2CC2)cc1. The van der Waals surface area contributed by atoms with Gasteiger partial charge in [0.05, 0.1) is 0 Å². The second-order valence-electron chi connectivity index (χ2n) is 5.22. The molecule has 0 heterocycles. The summed E-state index contributed by atoms with van der Waals surface area (Å²) >= 11 is 0. The Labute approximate surface area is 104 Å². The van der Waals surface area contributed by atoms with E-state index in [2.05, 4.69) is 43.4 Å². The number of ether oxygens (including phenoxy) is 1. The average molecular weight is 233 g/mol. The van der Waals surface area contributed by atoms with E-state index < -0.39 is 0 Å². The zero-order chi connectivity index (χ0) is 12.1. The lowest BCUT2D eigenvalue weighted by Crippen LogP contribution is -2.23. The van der Waals surface area contributed by atoms with Gasteiger partial charge >= 0.3 is 0 Å². The third kappa shape index (κ3) is 4.39. The largest absolute Gasteiger partial charge is 0.492 e. The van der Waals surface area contributed by atoms with Crippen LogP contribution in [0.2, 0.25) is 0 Å². The van der Waals surface area contributed by atoms with Gasteiger partial charge in [-0.1, -0.05) is 26.0 Å². The van der Waals surface area contributed by atoms with E-state index in [4.69, 9.17) is 4.74 Å². The minimum atomic E-state index is 0.587. The highest BCUT2D eigenvalue weighted by molar-refractivity contribution is 5.28. The molecule has 1 saturated carbocycles. The van der Waals surface area contributed by atoms with Crippen LogP contribution in [-0.4, -0.2) is 19.7 Å². The molecule has 2 nitrogen and oxygen atoms in total. The number of benzene rings is 1. The maximum atomic E-state index is 5.68. The Morgan fingerprint density at radius 3 is 2.53 bits per heavy atom. The summed E-state index contributed by atoms with van der Waals surface area (Å²) in [4.78, 5) is 0. The highest BCUT2D eigenvalue weighted by Crippen LogP contribution is 2.27. The summed E-state index contributed by atoms with van der Waals surface area (Å²) in [5, 5.41) is 3.42. The monoisotopic (exact) mass is 233 g/mol. The first-order valence-electron chi connectivity index (χ1n) is 6.69. The van der Waals surface area contributed by atoms with Crippen LogP contribution in [0.3, 0.4) is 0 Å². The summed E-state index contributed by atoms with van der Waals surface area (Å²) in [6.07, 6.45) is 2.81. The van der Waals surface area contributed by atoms with Gasteiger partial charge in [-0.25, -0.2) is 0 Å². The maximum absolute atomic E-state index is 5.68. The van der Waals surface area contributed by atoms with Crippen LogP contribution in [0.4, 0.5) is 0 Å². The van der Waals surface area contributed by atoms with Crippen LogP contribution in [0.5, 0.6) is 5.75 Å². The molecule has 2 heteroatoms. The molecule has 1 aliphatic rings. The van der Waals surface area contributed by atoms with Gasteiger partial charge in [-0.2, -0.15) is 0 Å². The second-order valence-corrected chi connectivity index (χ2v) is 5.22. The predicted octanol–water partition coefficient (Wildman–Crippen LogP) is 3.19. The molecule has 0 radical (unpaired) electrons. The predicted molar refractivity (Wildman–Crippen MR) is 71.6 cm³/mol. The number of nitrogens with one attached hydrogen (secondary N) is 1. The summed E-state index contributed by atoms with van der Waals surface area (Å²) in [5.74, 6) is 2.51. The molecule has 0 unspecified atom stereocenters. The Morgan fingerprint density at radius 2 is 1.94 bits per heavy atom. The Kier molecular flexibility index (Phi) is 4.43. The van der Waals surface area contributed by atoms with Crippen LogP contribution in [0.25, 0.3) is 0 Å². The van der Waals surface area contributed by atoms with E-state index >= 15 is 0 Å². The smallest absolute Gasteiger partial charge is 0.119 e.